The maximum absolute atomic E-state index is 7.06. The van der Waals surface area contributed by atoms with Crippen molar-refractivity contribution in [2.75, 3.05) is 0 Å². The highest BCUT2D eigenvalue weighted by Crippen LogP contribution is 2.49. The molecule has 24 heavy (non-hydrogen) atoms. The fraction of sp³-hybridized carbons (Fsp3) is 0.750. The quantitative estimate of drug-likeness (QED) is 0.493. The van der Waals surface area contributed by atoms with Crippen molar-refractivity contribution < 1.29 is 4.43 Å². The third-order valence-electron chi connectivity index (χ3n) is 6.00. The summed E-state index contributed by atoms with van der Waals surface area (Å²) in [6.45, 7) is 16.3. The highest BCUT2D eigenvalue weighted by atomic mass is 35.5. The Morgan fingerprint density at radius 2 is 1.71 bits per heavy atom. The number of hydrogen-bond donors (Lipinski definition) is 0. The van der Waals surface area contributed by atoms with Crippen molar-refractivity contribution >= 4 is 19.9 Å². The van der Waals surface area contributed by atoms with Crippen LogP contribution in [-0.2, 0) is 4.43 Å². The van der Waals surface area contributed by atoms with E-state index in [0.29, 0.717) is 22.5 Å². The van der Waals surface area contributed by atoms with E-state index in [2.05, 4.69) is 48.5 Å². The molecular weight excluding hydrogens is 334 g/mol. The van der Waals surface area contributed by atoms with Crippen LogP contribution in [0.4, 0.5) is 0 Å². The molecule has 0 N–H and O–H groups in total. The van der Waals surface area contributed by atoms with Crippen molar-refractivity contribution in [3.63, 3.8) is 0 Å². The minimum atomic E-state index is -1.92. The van der Waals surface area contributed by atoms with Gasteiger partial charge >= 0.3 is 0 Å². The predicted octanol–water partition coefficient (Wildman–Crippen LogP) is 7.26. The minimum absolute atomic E-state index is 0.111. The van der Waals surface area contributed by atoms with E-state index >= 15 is 0 Å². The molecule has 1 aliphatic carbocycles. The molecule has 136 valence electrons. The van der Waals surface area contributed by atoms with E-state index < -0.39 is 8.32 Å². The number of rotatable bonds is 6. The summed E-state index contributed by atoms with van der Waals surface area (Å²) in [5, 5.41) is 0.867. The molecule has 4 heteroatoms. The van der Waals surface area contributed by atoms with E-state index in [-0.39, 0.29) is 6.10 Å². The van der Waals surface area contributed by atoms with Gasteiger partial charge in [0.2, 0.25) is 8.32 Å². The van der Waals surface area contributed by atoms with E-state index in [1.165, 1.54) is 5.56 Å². The lowest BCUT2D eigenvalue weighted by Crippen LogP contribution is -2.49. The number of aromatic nitrogens is 1. The lowest BCUT2D eigenvalue weighted by molar-refractivity contribution is 0.145. The van der Waals surface area contributed by atoms with Gasteiger partial charge in [-0.2, -0.15) is 0 Å². The maximum atomic E-state index is 7.06. The maximum Gasteiger partial charge on any atom is 0.201 e. The number of hydrogen-bond acceptors (Lipinski definition) is 2. The molecule has 1 aromatic rings. The summed E-state index contributed by atoms with van der Waals surface area (Å²) in [6, 6.07) is 1.93. The van der Waals surface area contributed by atoms with Crippen LogP contribution in [-0.4, -0.2) is 13.3 Å². The van der Waals surface area contributed by atoms with E-state index in [1.54, 1.807) is 0 Å². The van der Waals surface area contributed by atoms with Crippen LogP contribution in [0.25, 0.3) is 0 Å². The molecule has 0 bridgehead atoms. The molecule has 1 aliphatic rings. The third kappa shape index (κ3) is 3.45. The Kier molecular flexibility index (Phi) is 6.55. The van der Waals surface area contributed by atoms with Crippen LogP contribution in [0.5, 0.6) is 0 Å². The Bertz CT molecular complexity index is 537. The number of fused-ring (bicyclic) bond motifs is 1. The number of halogens is 1. The highest BCUT2D eigenvalue weighted by Gasteiger charge is 2.48. The average molecular weight is 368 g/mol. The first-order valence-corrected chi connectivity index (χ1v) is 12.1. The van der Waals surface area contributed by atoms with Crippen molar-refractivity contribution in [1.82, 2.24) is 4.98 Å². The predicted molar refractivity (Wildman–Crippen MR) is 106 cm³/mol. The summed E-state index contributed by atoms with van der Waals surface area (Å²) >= 11 is 6.56. The van der Waals surface area contributed by atoms with E-state index in [0.717, 1.165) is 30.0 Å². The van der Waals surface area contributed by atoms with Gasteiger partial charge in [0, 0.05) is 11.2 Å². The van der Waals surface area contributed by atoms with Crippen LogP contribution in [0.3, 0.4) is 0 Å². The molecule has 0 radical (unpaired) electrons. The van der Waals surface area contributed by atoms with Gasteiger partial charge in [0.05, 0.1) is 11.8 Å². The van der Waals surface area contributed by atoms with E-state index in [4.69, 9.17) is 21.0 Å². The topological polar surface area (TPSA) is 22.1 Å². The zero-order valence-electron chi connectivity index (χ0n) is 16.4. The summed E-state index contributed by atoms with van der Waals surface area (Å²) in [4.78, 5) is 4.73. The molecule has 1 heterocycles. The zero-order chi connectivity index (χ0) is 18.1. The first-order valence-electron chi connectivity index (χ1n) is 9.57. The minimum Gasteiger partial charge on any atom is -0.408 e. The summed E-state index contributed by atoms with van der Waals surface area (Å²) in [5.74, 6) is 0.522. The van der Waals surface area contributed by atoms with E-state index in [1.807, 2.05) is 12.3 Å². The first kappa shape index (κ1) is 19.9. The van der Waals surface area contributed by atoms with Gasteiger partial charge in [0.1, 0.15) is 0 Å². The molecule has 0 unspecified atom stereocenters. The molecule has 1 aromatic heterocycles. The number of nitrogens with zero attached hydrogens (tertiary/aromatic N) is 1. The Balaban J connectivity index is 2.45. The molecule has 2 nitrogen and oxygen atoms in total. The molecule has 2 atom stereocenters. The van der Waals surface area contributed by atoms with Gasteiger partial charge in [-0.05, 0) is 53.4 Å². The van der Waals surface area contributed by atoms with Gasteiger partial charge in [-0.25, -0.2) is 0 Å². The van der Waals surface area contributed by atoms with Crippen molar-refractivity contribution in [2.45, 2.75) is 96.4 Å². The first-order chi connectivity index (χ1) is 11.3. The summed E-state index contributed by atoms with van der Waals surface area (Å²) in [5.41, 5.74) is 4.12. The second-order valence-corrected chi connectivity index (χ2v) is 14.0. The molecule has 0 amide bonds. The summed E-state index contributed by atoms with van der Waals surface area (Å²) in [7, 11) is -1.92. The largest absolute Gasteiger partial charge is 0.408 e. The Morgan fingerprint density at radius 1 is 1.12 bits per heavy atom. The van der Waals surface area contributed by atoms with Gasteiger partial charge in [-0.1, -0.05) is 60.1 Å². The van der Waals surface area contributed by atoms with Crippen molar-refractivity contribution in [3.8, 4) is 0 Å². The molecule has 0 saturated carbocycles. The Labute approximate surface area is 154 Å². The lowest BCUT2D eigenvalue weighted by Gasteiger charge is -2.46. The smallest absolute Gasteiger partial charge is 0.201 e. The molecule has 0 aliphatic heterocycles. The van der Waals surface area contributed by atoms with Crippen LogP contribution in [0.15, 0.2) is 12.3 Å². The van der Waals surface area contributed by atoms with Crippen LogP contribution >= 0.6 is 11.6 Å². The molecule has 0 aromatic carbocycles. The molecule has 0 saturated heterocycles. The van der Waals surface area contributed by atoms with E-state index in [9.17, 15) is 0 Å². The lowest BCUT2D eigenvalue weighted by atomic mass is 9.82. The fourth-order valence-electron chi connectivity index (χ4n) is 4.94. The van der Waals surface area contributed by atoms with Gasteiger partial charge < -0.3 is 4.43 Å². The van der Waals surface area contributed by atoms with Crippen molar-refractivity contribution in [1.29, 1.82) is 0 Å². The van der Waals surface area contributed by atoms with Crippen LogP contribution in [0, 0.1) is 0 Å². The average Bonchev–Trinajstić information content (AvgIpc) is 2.51. The third-order valence-corrected chi connectivity index (χ3v) is 12.4. The summed E-state index contributed by atoms with van der Waals surface area (Å²) in [6.07, 6.45) is 5.30. The fourth-order valence-corrected chi connectivity index (χ4v) is 10.8. The highest BCUT2D eigenvalue weighted by molar-refractivity contribution is 6.77. The standard InChI is InChI=1S/C20H34ClNOSi/c1-8-16-9-10-18(20-19(16)17(21)11-12-22-20)23-24(13(2)3,14(4)5)15(6)7/h11-16,18H,8-10H2,1-7H3/t16-,18-/m0/s1. The molecule has 0 spiro atoms. The second-order valence-electron chi connectivity index (χ2n) is 8.20. The Morgan fingerprint density at radius 3 is 2.21 bits per heavy atom. The van der Waals surface area contributed by atoms with Crippen molar-refractivity contribution in [3.05, 3.63) is 28.5 Å². The van der Waals surface area contributed by atoms with Crippen LogP contribution in [0.1, 0.15) is 91.0 Å². The van der Waals surface area contributed by atoms with Crippen LogP contribution in [0.2, 0.25) is 21.6 Å². The van der Waals surface area contributed by atoms with Gasteiger partial charge in [-0.3, -0.25) is 4.98 Å². The monoisotopic (exact) mass is 367 g/mol. The second kappa shape index (κ2) is 7.88. The van der Waals surface area contributed by atoms with Gasteiger partial charge in [0.15, 0.2) is 0 Å². The molecular formula is C20H34ClNOSi. The van der Waals surface area contributed by atoms with Gasteiger partial charge in [0.25, 0.3) is 0 Å². The SMILES string of the molecule is CC[C@H]1CC[C@H](O[Si](C(C)C)(C(C)C)C(C)C)c2nccc(Cl)c21. The summed E-state index contributed by atoms with van der Waals surface area (Å²) < 4.78 is 7.06. The molecule has 2 rings (SSSR count). The normalized spacial score (nSPS) is 21.6. The number of pyridine rings is 1. The molecule has 0 fully saturated rings. The van der Waals surface area contributed by atoms with Crippen molar-refractivity contribution in [2.24, 2.45) is 0 Å². The Hall–Kier alpha value is -0.383. The van der Waals surface area contributed by atoms with Crippen LogP contribution < -0.4 is 0 Å². The zero-order valence-corrected chi connectivity index (χ0v) is 18.2. The van der Waals surface area contributed by atoms with Gasteiger partial charge in [-0.15, -0.1) is 0 Å².